The van der Waals surface area contributed by atoms with Crippen LogP contribution in [0.3, 0.4) is 0 Å². The van der Waals surface area contributed by atoms with Crippen molar-refractivity contribution >= 4 is 11.7 Å². The Labute approximate surface area is 167 Å². The van der Waals surface area contributed by atoms with Crippen molar-refractivity contribution in [1.29, 1.82) is 0 Å². The standard InChI is InChI=1S/C21H21FN4O3/c1-28-16-6-8-17(9-7-16)29-11-10-23-21(27)19-12-20(26-14-25-19)24-13-15-4-2-3-5-18(15)22/h2-9,12,14H,10-11,13H2,1H3,(H,23,27)(H,24,25,26). The molecule has 3 aromatic rings. The van der Waals surface area contributed by atoms with Gasteiger partial charge in [0.2, 0.25) is 0 Å². The highest BCUT2D eigenvalue weighted by molar-refractivity contribution is 5.92. The van der Waals surface area contributed by atoms with Crippen LogP contribution < -0.4 is 20.1 Å². The molecule has 29 heavy (non-hydrogen) atoms. The van der Waals surface area contributed by atoms with E-state index in [9.17, 15) is 9.18 Å². The van der Waals surface area contributed by atoms with Crippen molar-refractivity contribution in [2.24, 2.45) is 0 Å². The van der Waals surface area contributed by atoms with Gasteiger partial charge in [-0.2, -0.15) is 0 Å². The second kappa shape index (κ2) is 10.0. The van der Waals surface area contributed by atoms with Gasteiger partial charge in [0.15, 0.2) is 0 Å². The number of benzene rings is 2. The first-order valence-electron chi connectivity index (χ1n) is 9.00. The van der Waals surface area contributed by atoms with E-state index in [1.807, 2.05) is 0 Å². The number of hydrogen-bond acceptors (Lipinski definition) is 6. The van der Waals surface area contributed by atoms with E-state index in [-0.39, 0.29) is 24.0 Å². The van der Waals surface area contributed by atoms with Crippen LogP contribution in [0.5, 0.6) is 11.5 Å². The van der Waals surface area contributed by atoms with Crippen LogP contribution in [0.4, 0.5) is 10.2 Å². The zero-order valence-electron chi connectivity index (χ0n) is 15.9. The number of nitrogens with one attached hydrogen (secondary N) is 2. The average molecular weight is 396 g/mol. The number of aromatic nitrogens is 2. The van der Waals surface area contributed by atoms with Crippen molar-refractivity contribution in [3.63, 3.8) is 0 Å². The molecule has 8 heteroatoms. The summed E-state index contributed by atoms with van der Waals surface area (Å²) >= 11 is 0. The zero-order chi connectivity index (χ0) is 20.5. The molecule has 0 saturated carbocycles. The highest BCUT2D eigenvalue weighted by atomic mass is 19.1. The van der Waals surface area contributed by atoms with E-state index in [2.05, 4.69) is 20.6 Å². The molecule has 1 amide bonds. The number of ether oxygens (including phenoxy) is 2. The van der Waals surface area contributed by atoms with E-state index in [0.717, 1.165) is 5.75 Å². The van der Waals surface area contributed by atoms with Crippen molar-refractivity contribution < 1.29 is 18.7 Å². The molecule has 0 fully saturated rings. The number of anilines is 1. The Balaban J connectivity index is 1.46. The highest BCUT2D eigenvalue weighted by Crippen LogP contribution is 2.16. The van der Waals surface area contributed by atoms with Crippen LogP contribution in [-0.2, 0) is 6.54 Å². The van der Waals surface area contributed by atoms with E-state index in [1.165, 1.54) is 18.5 Å². The number of hydrogen-bond donors (Lipinski definition) is 2. The van der Waals surface area contributed by atoms with Gasteiger partial charge in [0.05, 0.1) is 13.7 Å². The van der Waals surface area contributed by atoms with Crippen LogP contribution in [0.15, 0.2) is 60.9 Å². The maximum absolute atomic E-state index is 13.7. The molecule has 0 aliphatic rings. The Morgan fingerprint density at radius 3 is 2.59 bits per heavy atom. The van der Waals surface area contributed by atoms with Crippen molar-refractivity contribution in [3.05, 3.63) is 78.0 Å². The van der Waals surface area contributed by atoms with Crippen molar-refractivity contribution in [3.8, 4) is 11.5 Å². The van der Waals surface area contributed by atoms with Gasteiger partial charge in [0, 0.05) is 18.2 Å². The lowest BCUT2D eigenvalue weighted by Crippen LogP contribution is -2.29. The van der Waals surface area contributed by atoms with Gasteiger partial charge >= 0.3 is 0 Å². The van der Waals surface area contributed by atoms with Gasteiger partial charge in [-0.25, -0.2) is 14.4 Å². The number of rotatable bonds is 9. The summed E-state index contributed by atoms with van der Waals surface area (Å²) in [6.45, 7) is 0.870. The van der Waals surface area contributed by atoms with Gasteiger partial charge in [-0.1, -0.05) is 18.2 Å². The quantitative estimate of drug-likeness (QED) is 0.541. The molecule has 0 aliphatic heterocycles. The van der Waals surface area contributed by atoms with Crippen molar-refractivity contribution in [2.45, 2.75) is 6.54 Å². The van der Waals surface area contributed by atoms with Crippen LogP contribution in [0.1, 0.15) is 16.1 Å². The third-order valence-electron chi connectivity index (χ3n) is 4.03. The fourth-order valence-corrected chi connectivity index (χ4v) is 2.50. The van der Waals surface area contributed by atoms with Gasteiger partial charge in [-0.15, -0.1) is 0 Å². The normalized spacial score (nSPS) is 10.3. The summed E-state index contributed by atoms with van der Waals surface area (Å²) < 4.78 is 24.3. The lowest BCUT2D eigenvalue weighted by Gasteiger charge is -2.09. The van der Waals surface area contributed by atoms with Crippen molar-refractivity contribution in [1.82, 2.24) is 15.3 Å². The van der Waals surface area contributed by atoms with Crippen LogP contribution in [-0.4, -0.2) is 36.1 Å². The molecule has 3 rings (SSSR count). The molecule has 1 aromatic heterocycles. The predicted molar refractivity (Wildman–Crippen MR) is 107 cm³/mol. The SMILES string of the molecule is COc1ccc(OCCNC(=O)c2cc(NCc3ccccc3F)ncn2)cc1. The first kappa shape index (κ1) is 20.1. The predicted octanol–water partition coefficient (Wildman–Crippen LogP) is 3.05. The topological polar surface area (TPSA) is 85.4 Å². The average Bonchev–Trinajstić information content (AvgIpc) is 2.76. The van der Waals surface area contributed by atoms with E-state index in [1.54, 1.807) is 49.6 Å². The zero-order valence-corrected chi connectivity index (χ0v) is 15.9. The molecular weight excluding hydrogens is 375 g/mol. The van der Waals surface area contributed by atoms with Crippen LogP contribution in [0.25, 0.3) is 0 Å². The number of carbonyl (C=O) groups excluding carboxylic acids is 1. The minimum atomic E-state index is -0.348. The molecule has 0 spiro atoms. The van der Waals surface area contributed by atoms with Gasteiger partial charge in [0.1, 0.15) is 41.8 Å². The molecule has 0 bridgehead atoms. The number of amides is 1. The van der Waals surface area contributed by atoms with Crippen LogP contribution in [0.2, 0.25) is 0 Å². The molecule has 0 unspecified atom stereocenters. The number of nitrogens with zero attached hydrogens (tertiary/aromatic N) is 2. The molecule has 0 atom stereocenters. The van der Waals surface area contributed by atoms with Crippen molar-refractivity contribution in [2.75, 3.05) is 25.6 Å². The monoisotopic (exact) mass is 396 g/mol. The summed E-state index contributed by atoms with van der Waals surface area (Å²) in [6, 6.07) is 15.1. The second-order valence-corrected chi connectivity index (χ2v) is 6.01. The molecule has 0 radical (unpaired) electrons. The molecular formula is C21H21FN4O3. The first-order valence-corrected chi connectivity index (χ1v) is 9.00. The Morgan fingerprint density at radius 1 is 1.07 bits per heavy atom. The molecule has 1 heterocycles. The lowest BCUT2D eigenvalue weighted by atomic mass is 10.2. The van der Waals surface area contributed by atoms with Gasteiger partial charge in [-0.05, 0) is 30.3 Å². The molecule has 7 nitrogen and oxygen atoms in total. The van der Waals surface area contributed by atoms with E-state index < -0.39 is 0 Å². The van der Waals surface area contributed by atoms with Crippen LogP contribution >= 0.6 is 0 Å². The molecule has 150 valence electrons. The largest absolute Gasteiger partial charge is 0.497 e. The lowest BCUT2D eigenvalue weighted by molar-refractivity contribution is 0.0942. The van der Waals surface area contributed by atoms with Gasteiger partial charge in [0.25, 0.3) is 5.91 Å². The third-order valence-corrected chi connectivity index (χ3v) is 4.03. The van der Waals surface area contributed by atoms with E-state index in [4.69, 9.17) is 9.47 Å². The fourth-order valence-electron chi connectivity index (χ4n) is 2.50. The summed E-state index contributed by atoms with van der Waals surface area (Å²) in [7, 11) is 1.60. The number of carbonyl (C=O) groups is 1. The molecule has 2 aromatic carbocycles. The Morgan fingerprint density at radius 2 is 1.83 bits per heavy atom. The first-order chi connectivity index (χ1) is 14.2. The Bertz CT molecular complexity index is 951. The summed E-state index contributed by atoms with van der Waals surface area (Å²) in [5.74, 6) is 1.21. The molecule has 0 aliphatic carbocycles. The summed E-state index contributed by atoms with van der Waals surface area (Å²) in [4.78, 5) is 20.3. The summed E-state index contributed by atoms with van der Waals surface area (Å²) in [5, 5.41) is 5.72. The maximum Gasteiger partial charge on any atom is 0.270 e. The number of halogens is 1. The maximum atomic E-state index is 13.7. The summed E-state index contributed by atoms with van der Waals surface area (Å²) in [5.41, 5.74) is 0.716. The highest BCUT2D eigenvalue weighted by Gasteiger charge is 2.09. The minimum Gasteiger partial charge on any atom is -0.497 e. The fraction of sp³-hybridized carbons (Fsp3) is 0.190. The molecule has 0 saturated heterocycles. The smallest absolute Gasteiger partial charge is 0.270 e. The molecule has 2 N–H and O–H groups in total. The summed E-state index contributed by atoms with van der Waals surface area (Å²) in [6.07, 6.45) is 1.28. The number of methoxy groups -OCH3 is 1. The third kappa shape index (κ3) is 5.90. The Hall–Kier alpha value is -3.68. The van der Waals surface area contributed by atoms with Gasteiger partial charge in [-0.3, -0.25) is 4.79 Å². The van der Waals surface area contributed by atoms with Crippen LogP contribution in [0, 0.1) is 5.82 Å². The second-order valence-electron chi connectivity index (χ2n) is 6.01. The van der Waals surface area contributed by atoms with E-state index in [0.29, 0.717) is 30.3 Å². The Kier molecular flexibility index (Phi) is 6.94. The van der Waals surface area contributed by atoms with Gasteiger partial charge < -0.3 is 20.1 Å². The minimum absolute atomic E-state index is 0.209. The van der Waals surface area contributed by atoms with E-state index >= 15 is 0 Å².